The number of ether oxygens (including phenoxy) is 2. The summed E-state index contributed by atoms with van der Waals surface area (Å²) in [5, 5.41) is 9.37. The van der Waals surface area contributed by atoms with Gasteiger partial charge in [0.25, 0.3) is 0 Å². The van der Waals surface area contributed by atoms with Crippen molar-refractivity contribution in [2.75, 3.05) is 0 Å². The van der Waals surface area contributed by atoms with Crippen LogP contribution < -0.4 is 0 Å². The van der Waals surface area contributed by atoms with Crippen molar-refractivity contribution < 1.29 is 19.4 Å². The normalized spacial score (nSPS) is 33.2. The number of hydrogen-bond donors (Lipinski definition) is 1. The Morgan fingerprint density at radius 3 is 2.11 bits per heavy atom. The molecule has 0 saturated carbocycles. The standard InChI is InChI=1S/C15H28O4/c1-9-8-10(19-15(5,6)7)11(13(16)17)18-12(9)14(2,3)4/h9-12H,8H2,1-7H3,(H,16,17). The van der Waals surface area contributed by atoms with Crippen LogP contribution in [0.4, 0.5) is 0 Å². The monoisotopic (exact) mass is 272 g/mol. The molecule has 0 aromatic rings. The van der Waals surface area contributed by atoms with E-state index in [9.17, 15) is 9.90 Å². The molecule has 1 rings (SSSR count). The summed E-state index contributed by atoms with van der Waals surface area (Å²) in [6.45, 7) is 14.2. The van der Waals surface area contributed by atoms with Gasteiger partial charge in [-0.05, 0) is 38.5 Å². The first-order valence-corrected chi connectivity index (χ1v) is 6.98. The molecule has 0 amide bonds. The fourth-order valence-electron chi connectivity index (χ4n) is 2.83. The lowest BCUT2D eigenvalue weighted by Gasteiger charge is -2.45. The van der Waals surface area contributed by atoms with Crippen LogP contribution in [0.1, 0.15) is 54.9 Å². The van der Waals surface area contributed by atoms with Crippen molar-refractivity contribution in [1.82, 2.24) is 0 Å². The highest BCUT2D eigenvalue weighted by Gasteiger charge is 2.45. The van der Waals surface area contributed by atoms with Gasteiger partial charge in [0, 0.05) is 0 Å². The van der Waals surface area contributed by atoms with Crippen LogP contribution in [0.2, 0.25) is 0 Å². The molecule has 1 N–H and O–H groups in total. The summed E-state index contributed by atoms with van der Waals surface area (Å²) in [4.78, 5) is 11.4. The van der Waals surface area contributed by atoms with Gasteiger partial charge in [0.1, 0.15) is 0 Å². The second-order valence-electron chi connectivity index (χ2n) is 7.66. The molecular weight excluding hydrogens is 244 g/mol. The Labute approximate surface area is 116 Å². The van der Waals surface area contributed by atoms with Crippen LogP contribution in [-0.4, -0.2) is 35.0 Å². The molecule has 1 aliphatic heterocycles. The lowest BCUT2D eigenvalue weighted by Crippen LogP contribution is -2.53. The summed E-state index contributed by atoms with van der Waals surface area (Å²) in [7, 11) is 0. The summed E-state index contributed by atoms with van der Waals surface area (Å²) >= 11 is 0. The van der Waals surface area contributed by atoms with Crippen molar-refractivity contribution in [1.29, 1.82) is 0 Å². The van der Waals surface area contributed by atoms with Crippen LogP contribution >= 0.6 is 0 Å². The van der Waals surface area contributed by atoms with E-state index in [0.29, 0.717) is 0 Å². The fourth-order valence-corrected chi connectivity index (χ4v) is 2.83. The zero-order chi connectivity index (χ0) is 15.0. The molecule has 1 aliphatic rings. The average molecular weight is 272 g/mol. The number of carbonyl (C=O) groups is 1. The van der Waals surface area contributed by atoms with Crippen LogP contribution in [0.25, 0.3) is 0 Å². The molecule has 1 fully saturated rings. The third kappa shape index (κ3) is 4.46. The van der Waals surface area contributed by atoms with Crippen LogP contribution in [0, 0.1) is 11.3 Å². The first-order valence-electron chi connectivity index (χ1n) is 6.98. The number of aliphatic carboxylic acids is 1. The Bertz CT molecular complexity index is 324. The number of rotatable bonds is 2. The maximum absolute atomic E-state index is 11.4. The van der Waals surface area contributed by atoms with E-state index in [2.05, 4.69) is 27.7 Å². The Morgan fingerprint density at radius 2 is 1.74 bits per heavy atom. The molecule has 0 aromatic carbocycles. The maximum Gasteiger partial charge on any atom is 0.335 e. The van der Waals surface area contributed by atoms with E-state index in [0.717, 1.165) is 6.42 Å². The van der Waals surface area contributed by atoms with E-state index in [1.807, 2.05) is 20.8 Å². The van der Waals surface area contributed by atoms with E-state index in [-0.39, 0.29) is 29.1 Å². The molecule has 112 valence electrons. The molecule has 0 aromatic heterocycles. The highest BCUT2D eigenvalue weighted by atomic mass is 16.6. The van der Waals surface area contributed by atoms with E-state index >= 15 is 0 Å². The van der Waals surface area contributed by atoms with Crippen molar-refractivity contribution in [2.24, 2.45) is 11.3 Å². The summed E-state index contributed by atoms with van der Waals surface area (Å²) in [5.41, 5.74) is -0.435. The number of carboxylic acids is 1. The van der Waals surface area contributed by atoms with Gasteiger partial charge in [0.15, 0.2) is 6.10 Å². The van der Waals surface area contributed by atoms with Crippen molar-refractivity contribution >= 4 is 5.97 Å². The Hall–Kier alpha value is -0.610. The van der Waals surface area contributed by atoms with Gasteiger partial charge in [-0.25, -0.2) is 4.79 Å². The smallest absolute Gasteiger partial charge is 0.335 e. The fraction of sp³-hybridized carbons (Fsp3) is 0.933. The molecule has 1 heterocycles. The SMILES string of the molecule is CC1CC(OC(C)(C)C)C(C(=O)O)OC1C(C)(C)C. The first kappa shape index (κ1) is 16.4. The molecule has 4 heteroatoms. The van der Waals surface area contributed by atoms with Crippen LogP contribution in [0.5, 0.6) is 0 Å². The van der Waals surface area contributed by atoms with Crippen molar-refractivity contribution in [3.63, 3.8) is 0 Å². The van der Waals surface area contributed by atoms with Crippen molar-refractivity contribution in [3.8, 4) is 0 Å². The Kier molecular flexibility index (Phi) is 4.68. The van der Waals surface area contributed by atoms with Gasteiger partial charge in [-0.3, -0.25) is 0 Å². The largest absolute Gasteiger partial charge is 0.479 e. The minimum atomic E-state index is -0.935. The third-order valence-corrected chi connectivity index (χ3v) is 3.35. The molecule has 0 spiro atoms. The molecule has 1 saturated heterocycles. The van der Waals surface area contributed by atoms with E-state index in [1.54, 1.807) is 0 Å². The molecule has 0 aliphatic carbocycles. The molecule has 0 bridgehead atoms. The molecular formula is C15H28O4. The topological polar surface area (TPSA) is 55.8 Å². The number of hydrogen-bond acceptors (Lipinski definition) is 3. The van der Waals surface area contributed by atoms with Crippen molar-refractivity contribution in [2.45, 2.75) is 78.8 Å². The van der Waals surface area contributed by atoms with Gasteiger partial charge in [-0.2, -0.15) is 0 Å². The van der Waals surface area contributed by atoms with E-state index in [1.165, 1.54) is 0 Å². The Morgan fingerprint density at radius 1 is 1.21 bits per heavy atom. The van der Waals surface area contributed by atoms with Crippen molar-refractivity contribution in [3.05, 3.63) is 0 Å². The van der Waals surface area contributed by atoms with Crippen LogP contribution in [0.3, 0.4) is 0 Å². The quantitative estimate of drug-likeness (QED) is 0.839. The van der Waals surface area contributed by atoms with Gasteiger partial charge >= 0.3 is 5.97 Å². The Balaban J connectivity index is 2.89. The highest BCUT2D eigenvalue weighted by Crippen LogP contribution is 2.38. The molecule has 19 heavy (non-hydrogen) atoms. The average Bonchev–Trinajstić information content (AvgIpc) is 2.11. The molecule has 4 nitrogen and oxygen atoms in total. The second kappa shape index (κ2) is 5.41. The van der Waals surface area contributed by atoms with Gasteiger partial charge in [0.2, 0.25) is 0 Å². The van der Waals surface area contributed by atoms with Gasteiger partial charge < -0.3 is 14.6 Å². The van der Waals surface area contributed by atoms with Gasteiger partial charge in [0.05, 0.1) is 17.8 Å². The maximum atomic E-state index is 11.4. The predicted molar refractivity (Wildman–Crippen MR) is 74.2 cm³/mol. The zero-order valence-electron chi connectivity index (χ0n) is 13.2. The predicted octanol–water partition coefficient (Wildman–Crippen LogP) is 3.09. The molecule has 4 unspecified atom stereocenters. The second-order valence-corrected chi connectivity index (χ2v) is 7.66. The summed E-state index contributed by atoms with van der Waals surface area (Å²) in [5.74, 6) is -0.654. The minimum absolute atomic E-state index is 0.0616. The van der Waals surface area contributed by atoms with Gasteiger partial charge in [-0.15, -0.1) is 0 Å². The highest BCUT2D eigenvalue weighted by molar-refractivity contribution is 5.73. The zero-order valence-corrected chi connectivity index (χ0v) is 13.2. The van der Waals surface area contributed by atoms with Gasteiger partial charge in [-0.1, -0.05) is 27.7 Å². The van der Waals surface area contributed by atoms with Crippen LogP contribution in [-0.2, 0) is 14.3 Å². The minimum Gasteiger partial charge on any atom is -0.479 e. The third-order valence-electron chi connectivity index (χ3n) is 3.35. The molecule has 4 atom stereocenters. The first-order chi connectivity index (χ1) is 8.42. The van der Waals surface area contributed by atoms with E-state index < -0.39 is 12.1 Å². The van der Waals surface area contributed by atoms with Crippen LogP contribution in [0.15, 0.2) is 0 Å². The summed E-state index contributed by atoms with van der Waals surface area (Å²) in [6.07, 6.45) is -0.602. The lowest BCUT2D eigenvalue weighted by atomic mass is 9.77. The number of carboxylic acid groups (broad SMARTS) is 1. The summed E-state index contributed by atoms with van der Waals surface area (Å²) < 4.78 is 11.7. The molecule has 0 radical (unpaired) electrons. The summed E-state index contributed by atoms with van der Waals surface area (Å²) in [6, 6.07) is 0. The van der Waals surface area contributed by atoms with E-state index in [4.69, 9.17) is 9.47 Å². The lowest BCUT2D eigenvalue weighted by molar-refractivity contribution is -0.220.